The van der Waals surface area contributed by atoms with E-state index in [0.29, 0.717) is 18.5 Å². The monoisotopic (exact) mass is 312 g/mol. The maximum Gasteiger partial charge on any atom is 0.249 e. The van der Waals surface area contributed by atoms with E-state index >= 15 is 0 Å². The molecule has 6 nitrogen and oxygen atoms in total. The Balaban J connectivity index is 3.05. The number of hydroxylamine groups is 1. The highest BCUT2D eigenvalue weighted by Crippen LogP contribution is 2.19. The molecule has 0 fully saturated rings. The molecule has 0 radical (unpaired) electrons. The second-order valence-electron chi connectivity index (χ2n) is 4.62. The average Bonchev–Trinajstić information content (AvgIpc) is 2.50. The Labute approximate surface area is 124 Å². The van der Waals surface area contributed by atoms with E-state index in [2.05, 4.69) is 0 Å². The van der Waals surface area contributed by atoms with Crippen LogP contribution in [-0.4, -0.2) is 31.8 Å². The molecule has 1 amide bonds. The first kappa shape index (κ1) is 17.4. The van der Waals surface area contributed by atoms with Crippen molar-refractivity contribution in [2.24, 2.45) is 11.7 Å². The third-order valence-electron chi connectivity index (χ3n) is 2.96. The van der Waals surface area contributed by atoms with Crippen LogP contribution < -0.4 is 11.2 Å². The summed E-state index contributed by atoms with van der Waals surface area (Å²) in [7, 11) is -3.41. The molecular weight excluding hydrogens is 292 g/mol. The zero-order valence-electron chi connectivity index (χ0n) is 11.8. The topological polar surface area (TPSA) is 109 Å². The van der Waals surface area contributed by atoms with Crippen molar-refractivity contribution in [3.05, 3.63) is 35.9 Å². The summed E-state index contributed by atoms with van der Waals surface area (Å²) in [6.07, 6.45) is 3.49. The highest BCUT2D eigenvalue weighted by Gasteiger charge is 2.17. The van der Waals surface area contributed by atoms with Crippen LogP contribution in [0.2, 0.25) is 0 Å². The molecule has 0 spiro atoms. The predicted octanol–water partition coefficient (Wildman–Crippen LogP) is 0.964. The van der Waals surface area contributed by atoms with Gasteiger partial charge in [-0.25, -0.2) is 13.9 Å². The molecule has 21 heavy (non-hydrogen) atoms. The summed E-state index contributed by atoms with van der Waals surface area (Å²) in [5.41, 5.74) is 7.41. The fourth-order valence-corrected chi connectivity index (χ4v) is 3.27. The number of benzene rings is 1. The van der Waals surface area contributed by atoms with Gasteiger partial charge in [-0.15, -0.1) is 0 Å². The molecule has 0 aromatic heterocycles. The molecule has 7 heteroatoms. The highest BCUT2D eigenvalue weighted by molar-refractivity contribution is 7.91. The molecule has 4 N–H and O–H groups in total. The number of carbonyl (C=O) groups is 1. The van der Waals surface area contributed by atoms with E-state index in [1.54, 1.807) is 36.7 Å². The number of nitrogens with two attached hydrogens (primary N) is 1. The Bertz CT molecular complexity index is 611. The second kappa shape index (κ2) is 7.92. The minimum atomic E-state index is -3.41. The van der Waals surface area contributed by atoms with Crippen LogP contribution in [0, 0.1) is 5.92 Å². The second-order valence-corrected chi connectivity index (χ2v) is 6.70. The first-order valence-corrected chi connectivity index (χ1v) is 8.21. The summed E-state index contributed by atoms with van der Waals surface area (Å²) in [5, 5.41) is 8.54. The first-order chi connectivity index (χ1) is 9.92. The largest absolute Gasteiger partial charge is 0.330 e. The lowest BCUT2D eigenvalue weighted by Crippen LogP contribution is -2.24. The number of rotatable bonds is 7. The Morgan fingerprint density at radius 1 is 1.43 bits per heavy atom. The van der Waals surface area contributed by atoms with Crippen LogP contribution in [0.3, 0.4) is 0 Å². The fourth-order valence-electron chi connectivity index (χ4n) is 1.72. The van der Waals surface area contributed by atoms with Crippen LogP contribution in [-0.2, 0) is 14.6 Å². The molecule has 1 atom stereocenters. The van der Waals surface area contributed by atoms with Crippen LogP contribution >= 0.6 is 0 Å². The zero-order chi connectivity index (χ0) is 15.9. The molecule has 0 bridgehead atoms. The summed E-state index contributed by atoms with van der Waals surface area (Å²) in [4.78, 5) is 11.4. The predicted molar refractivity (Wildman–Crippen MR) is 80.3 cm³/mol. The van der Waals surface area contributed by atoms with E-state index in [0.717, 1.165) is 0 Å². The van der Waals surface area contributed by atoms with Crippen LogP contribution in [0.15, 0.2) is 35.2 Å². The number of nitrogens with one attached hydrogen (secondary N) is 1. The van der Waals surface area contributed by atoms with Crippen molar-refractivity contribution in [1.82, 2.24) is 5.48 Å². The zero-order valence-corrected chi connectivity index (χ0v) is 12.6. The van der Waals surface area contributed by atoms with Crippen molar-refractivity contribution < 1.29 is 18.4 Å². The first-order valence-electron chi connectivity index (χ1n) is 6.56. The van der Waals surface area contributed by atoms with Crippen molar-refractivity contribution in [3.63, 3.8) is 0 Å². The number of hydrogen-bond donors (Lipinski definition) is 3. The van der Waals surface area contributed by atoms with Crippen molar-refractivity contribution >= 4 is 21.8 Å². The van der Waals surface area contributed by atoms with Crippen molar-refractivity contribution in [2.75, 3.05) is 12.3 Å². The molecule has 1 aromatic rings. The minimum Gasteiger partial charge on any atom is -0.330 e. The minimum absolute atomic E-state index is 0.0129. The van der Waals surface area contributed by atoms with Crippen molar-refractivity contribution in [1.29, 1.82) is 0 Å². The van der Waals surface area contributed by atoms with Gasteiger partial charge in [0.05, 0.1) is 16.6 Å². The van der Waals surface area contributed by atoms with E-state index in [4.69, 9.17) is 10.9 Å². The highest BCUT2D eigenvalue weighted by atomic mass is 32.2. The Morgan fingerprint density at radius 2 is 2.10 bits per heavy atom. The Kier molecular flexibility index (Phi) is 6.54. The van der Waals surface area contributed by atoms with E-state index < -0.39 is 21.7 Å². The molecule has 0 saturated carbocycles. The average molecular weight is 312 g/mol. The molecular formula is C14H20N2O4S. The summed E-state index contributed by atoms with van der Waals surface area (Å²) in [5.74, 6) is -1.15. The maximum atomic E-state index is 12.2. The molecule has 0 aliphatic carbocycles. The van der Waals surface area contributed by atoms with E-state index in [9.17, 15) is 13.2 Å². The molecule has 0 aliphatic rings. The molecule has 0 unspecified atom stereocenters. The standard InChI is InChI=1S/C14H20N2O4S/c1-11(14(17)16-18)7-8-12-5-2-3-6-13(12)21(19,20)10-4-9-15/h2-3,5-8,11,18H,4,9-10,15H2,1H3,(H,16,17)/t11-/m1/s1. The van der Waals surface area contributed by atoms with E-state index in [-0.39, 0.29) is 10.6 Å². The van der Waals surface area contributed by atoms with Gasteiger partial charge in [-0.3, -0.25) is 10.0 Å². The van der Waals surface area contributed by atoms with Gasteiger partial charge < -0.3 is 5.73 Å². The van der Waals surface area contributed by atoms with E-state index in [1.165, 1.54) is 12.1 Å². The Morgan fingerprint density at radius 3 is 2.71 bits per heavy atom. The van der Waals surface area contributed by atoms with Gasteiger partial charge in [-0.1, -0.05) is 37.3 Å². The van der Waals surface area contributed by atoms with Crippen molar-refractivity contribution in [2.45, 2.75) is 18.2 Å². The SMILES string of the molecule is C[C@H](C=Cc1ccccc1S(=O)(=O)CCCN)C(=O)NO. The van der Waals surface area contributed by atoms with Crippen LogP contribution in [0.5, 0.6) is 0 Å². The van der Waals surface area contributed by atoms with Gasteiger partial charge in [-0.2, -0.15) is 0 Å². The molecule has 0 aliphatic heterocycles. The number of carbonyl (C=O) groups excluding carboxylic acids is 1. The summed E-state index contributed by atoms with van der Waals surface area (Å²) in [6.45, 7) is 1.90. The van der Waals surface area contributed by atoms with Crippen LogP contribution in [0.4, 0.5) is 0 Å². The van der Waals surface area contributed by atoms with Gasteiger partial charge >= 0.3 is 0 Å². The fraction of sp³-hybridized carbons (Fsp3) is 0.357. The molecule has 0 heterocycles. The summed E-state index contributed by atoms with van der Waals surface area (Å²) >= 11 is 0. The van der Waals surface area contributed by atoms with Crippen LogP contribution in [0.25, 0.3) is 6.08 Å². The quantitative estimate of drug-likeness (QED) is 0.513. The number of hydrogen-bond acceptors (Lipinski definition) is 5. The van der Waals surface area contributed by atoms with Gasteiger partial charge in [0.1, 0.15) is 0 Å². The Hall–Kier alpha value is -1.70. The molecule has 116 valence electrons. The third kappa shape index (κ3) is 4.96. The van der Waals surface area contributed by atoms with Crippen molar-refractivity contribution in [3.8, 4) is 0 Å². The summed E-state index contributed by atoms with van der Waals surface area (Å²) in [6, 6.07) is 6.56. The van der Waals surface area contributed by atoms with Gasteiger partial charge in [0.2, 0.25) is 5.91 Å². The third-order valence-corrected chi connectivity index (χ3v) is 4.83. The molecule has 1 rings (SSSR count). The lowest BCUT2D eigenvalue weighted by molar-refractivity contribution is -0.131. The van der Waals surface area contributed by atoms with Gasteiger partial charge in [0.25, 0.3) is 0 Å². The lowest BCUT2D eigenvalue weighted by Gasteiger charge is -2.08. The maximum absolute atomic E-state index is 12.2. The van der Waals surface area contributed by atoms with Gasteiger partial charge in [0, 0.05) is 0 Å². The lowest BCUT2D eigenvalue weighted by atomic mass is 10.1. The summed E-state index contributed by atoms with van der Waals surface area (Å²) < 4.78 is 24.5. The van der Waals surface area contributed by atoms with E-state index in [1.807, 2.05) is 0 Å². The van der Waals surface area contributed by atoms with Crippen LogP contribution in [0.1, 0.15) is 18.9 Å². The number of sulfone groups is 1. The molecule has 0 saturated heterocycles. The molecule has 1 aromatic carbocycles. The van der Waals surface area contributed by atoms with Gasteiger partial charge in [0.15, 0.2) is 9.84 Å². The number of amides is 1. The normalized spacial score (nSPS) is 13.3. The van der Waals surface area contributed by atoms with Gasteiger partial charge in [-0.05, 0) is 24.6 Å². The smallest absolute Gasteiger partial charge is 0.249 e.